The van der Waals surface area contributed by atoms with E-state index >= 15 is 0 Å². The Morgan fingerprint density at radius 3 is 2.60 bits per heavy atom. The number of aliphatic hydroxyl groups excluding tert-OH is 1. The summed E-state index contributed by atoms with van der Waals surface area (Å²) in [6.07, 6.45) is -0.626. The van der Waals surface area contributed by atoms with Gasteiger partial charge in [0, 0.05) is 20.1 Å². The van der Waals surface area contributed by atoms with Gasteiger partial charge in [0.15, 0.2) is 0 Å². The molecule has 2 aromatic carbocycles. The molecule has 106 valence electrons. The van der Waals surface area contributed by atoms with Crippen molar-refractivity contribution in [1.82, 2.24) is 0 Å². The summed E-state index contributed by atoms with van der Waals surface area (Å²) in [6, 6.07) is 9.92. The molecule has 0 saturated carbocycles. The average Bonchev–Trinajstić information content (AvgIpc) is 2.38. The van der Waals surface area contributed by atoms with Crippen LogP contribution in [0.4, 0.5) is 4.39 Å². The number of halogens is 3. The Labute approximate surface area is 133 Å². The molecule has 0 aromatic heterocycles. The minimum Gasteiger partial charge on any atom is -0.488 e. The Morgan fingerprint density at radius 1 is 1.20 bits per heavy atom. The van der Waals surface area contributed by atoms with Crippen LogP contribution in [0, 0.1) is 5.82 Å². The minimum absolute atomic E-state index is 0.294. The molecule has 20 heavy (non-hydrogen) atoms. The van der Waals surface area contributed by atoms with Crippen molar-refractivity contribution in [3.05, 3.63) is 62.3 Å². The lowest BCUT2D eigenvalue weighted by molar-refractivity contribution is 0.190. The predicted octanol–water partition coefficient (Wildman–Crippen LogP) is 4.98. The molecule has 1 atom stereocenters. The summed E-state index contributed by atoms with van der Waals surface area (Å²) in [6.45, 7) is 1.98. The van der Waals surface area contributed by atoms with Crippen molar-refractivity contribution in [3.63, 3.8) is 0 Å². The van der Waals surface area contributed by atoms with Gasteiger partial charge in [0.25, 0.3) is 0 Å². The SMILES string of the molecule is C[C@H](O)c1cc(Br)ccc1OCc1ccc(F)cc1Br. The third-order valence-corrected chi connectivity index (χ3v) is 4.05. The van der Waals surface area contributed by atoms with Gasteiger partial charge in [-0.25, -0.2) is 4.39 Å². The molecule has 2 aromatic rings. The number of benzene rings is 2. The zero-order chi connectivity index (χ0) is 14.7. The molecule has 2 rings (SSSR count). The van der Waals surface area contributed by atoms with E-state index in [1.807, 2.05) is 12.1 Å². The van der Waals surface area contributed by atoms with Crippen LogP contribution in [0.15, 0.2) is 45.3 Å². The van der Waals surface area contributed by atoms with Gasteiger partial charge >= 0.3 is 0 Å². The first-order chi connectivity index (χ1) is 9.47. The van der Waals surface area contributed by atoms with Crippen LogP contribution >= 0.6 is 31.9 Å². The number of rotatable bonds is 4. The van der Waals surface area contributed by atoms with E-state index in [-0.39, 0.29) is 5.82 Å². The van der Waals surface area contributed by atoms with Crippen LogP contribution in [0.5, 0.6) is 5.75 Å². The minimum atomic E-state index is -0.626. The molecule has 0 aliphatic carbocycles. The highest BCUT2D eigenvalue weighted by Gasteiger charge is 2.11. The van der Waals surface area contributed by atoms with Gasteiger partial charge in [0.1, 0.15) is 18.2 Å². The zero-order valence-electron chi connectivity index (χ0n) is 10.7. The molecule has 0 bridgehead atoms. The van der Waals surface area contributed by atoms with E-state index in [0.717, 1.165) is 10.0 Å². The van der Waals surface area contributed by atoms with Crippen LogP contribution in [0.1, 0.15) is 24.2 Å². The normalized spacial score (nSPS) is 12.2. The summed E-state index contributed by atoms with van der Waals surface area (Å²) < 4.78 is 20.3. The fraction of sp³-hybridized carbons (Fsp3) is 0.200. The Morgan fingerprint density at radius 2 is 1.95 bits per heavy atom. The predicted molar refractivity (Wildman–Crippen MR) is 83.2 cm³/mol. The summed E-state index contributed by atoms with van der Waals surface area (Å²) in [4.78, 5) is 0. The molecule has 0 spiro atoms. The van der Waals surface area contributed by atoms with Crippen LogP contribution in [0.3, 0.4) is 0 Å². The van der Waals surface area contributed by atoms with Crippen LogP contribution in [-0.2, 0) is 6.61 Å². The van der Waals surface area contributed by atoms with Gasteiger partial charge < -0.3 is 9.84 Å². The zero-order valence-corrected chi connectivity index (χ0v) is 13.9. The van der Waals surface area contributed by atoms with Crippen LogP contribution in [-0.4, -0.2) is 5.11 Å². The highest BCUT2D eigenvalue weighted by atomic mass is 79.9. The second-order valence-corrected chi connectivity index (χ2v) is 6.15. The molecule has 0 heterocycles. The fourth-order valence-electron chi connectivity index (χ4n) is 1.77. The Kier molecular flexibility index (Phi) is 5.18. The van der Waals surface area contributed by atoms with Gasteiger partial charge in [-0.3, -0.25) is 0 Å². The van der Waals surface area contributed by atoms with Gasteiger partial charge in [0.05, 0.1) is 6.10 Å². The Balaban J connectivity index is 2.18. The van der Waals surface area contributed by atoms with Crippen molar-refractivity contribution in [2.45, 2.75) is 19.6 Å². The Hall–Kier alpha value is -0.910. The van der Waals surface area contributed by atoms with Crippen molar-refractivity contribution in [1.29, 1.82) is 0 Å². The molecule has 0 radical (unpaired) electrons. The quantitative estimate of drug-likeness (QED) is 0.779. The van der Waals surface area contributed by atoms with E-state index < -0.39 is 6.10 Å². The van der Waals surface area contributed by atoms with Gasteiger partial charge in [0.2, 0.25) is 0 Å². The summed E-state index contributed by atoms with van der Waals surface area (Å²) in [7, 11) is 0. The summed E-state index contributed by atoms with van der Waals surface area (Å²) >= 11 is 6.67. The lowest BCUT2D eigenvalue weighted by atomic mass is 10.1. The van der Waals surface area contributed by atoms with Gasteiger partial charge in [-0.2, -0.15) is 0 Å². The smallest absolute Gasteiger partial charge is 0.125 e. The van der Waals surface area contributed by atoms with E-state index in [0.29, 0.717) is 22.4 Å². The first-order valence-corrected chi connectivity index (χ1v) is 7.60. The molecule has 0 aliphatic rings. The van der Waals surface area contributed by atoms with E-state index in [1.54, 1.807) is 19.1 Å². The lowest BCUT2D eigenvalue weighted by Gasteiger charge is -2.14. The summed E-state index contributed by atoms with van der Waals surface area (Å²) in [5.41, 5.74) is 1.54. The van der Waals surface area contributed by atoms with Crippen molar-refractivity contribution in [3.8, 4) is 5.75 Å². The number of hydrogen-bond donors (Lipinski definition) is 1. The second kappa shape index (κ2) is 6.70. The third-order valence-electron chi connectivity index (χ3n) is 2.82. The molecule has 5 heteroatoms. The van der Waals surface area contributed by atoms with Gasteiger partial charge in [-0.05, 0) is 37.3 Å². The number of ether oxygens (including phenoxy) is 1. The van der Waals surface area contributed by atoms with E-state index in [4.69, 9.17) is 4.74 Å². The monoisotopic (exact) mass is 402 g/mol. The van der Waals surface area contributed by atoms with Crippen molar-refractivity contribution in [2.75, 3.05) is 0 Å². The third kappa shape index (κ3) is 3.81. The van der Waals surface area contributed by atoms with Gasteiger partial charge in [-0.15, -0.1) is 0 Å². The number of hydrogen-bond acceptors (Lipinski definition) is 2. The molecule has 0 amide bonds. The molecule has 0 fully saturated rings. The second-order valence-electron chi connectivity index (χ2n) is 4.38. The van der Waals surface area contributed by atoms with E-state index in [2.05, 4.69) is 31.9 Å². The molecule has 1 N–H and O–H groups in total. The van der Waals surface area contributed by atoms with Gasteiger partial charge in [-0.1, -0.05) is 37.9 Å². The standard InChI is InChI=1S/C15H13Br2FO2/c1-9(19)13-6-11(16)3-5-15(13)20-8-10-2-4-12(18)7-14(10)17/h2-7,9,19H,8H2,1H3/t9-/m0/s1. The molecular weight excluding hydrogens is 391 g/mol. The van der Waals surface area contributed by atoms with E-state index in [9.17, 15) is 9.50 Å². The van der Waals surface area contributed by atoms with Crippen molar-refractivity contribution in [2.24, 2.45) is 0 Å². The first kappa shape index (κ1) is 15.5. The summed E-state index contributed by atoms with van der Waals surface area (Å²) in [5.74, 6) is 0.313. The van der Waals surface area contributed by atoms with Crippen LogP contribution in [0.25, 0.3) is 0 Å². The van der Waals surface area contributed by atoms with Crippen LogP contribution in [0.2, 0.25) is 0 Å². The highest BCUT2D eigenvalue weighted by Crippen LogP contribution is 2.29. The maximum absolute atomic E-state index is 13.0. The summed E-state index contributed by atoms with van der Waals surface area (Å²) in [5, 5.41) is 9.76. The average molecular weight is 404 g/mol. The molecular formula is C15H13Br2FO2. The largest absolute Gasteiger partial charge is 0.488 e. The maximum atomic E-state index is 13.0. The first-order valence-electron chi connectivity index (χ1n) is 6.01. The number of aliphatic hydroxyl groups is 1. The fourth-order valence-corrected chi connectivity index (χ4v) is 2.62. The van der Waals surface area contributed by atoms with Crippen molar-refractivity contribution < 1.29 is 14.2 Å². The topological polar surface area (TPSA) is 29.5 Å². The molecule has 0 unspecified atom stereocenters. The highest BCUT2D eigenvalue weighted by molar-refractivity contribution is 9.10. The maximum Gasteiger partial charge on any atom is 0.125 e. The molecule has 0 saturated heterocycles. The lowest BCUT2D eigenvalue weighted by Crippen LogP contribution is -2.01. The molecule has 2 nitrogen and oxygen atoms in total. The van der Waals surface area contributed by atoms with Crippen LogP contribution < -0.4 is 4.74 Å². The molecule has 0 aliphatic heterocycles. The van der Waals surface area contributed by atoms with E-state index in [1.165, 1.54) is 12.1 Å². The Bertz CT molecular complexity index is 615. The van der Waals surface area contributed by atoms with Crippen molar-refractivity contribution >= 4 is 31.9 Å².